The van der Waals surface area contributed by atoms with Crippen molar-refractivity contribution >= 4 is 5.97 Å². The summed E-state index contributed by atoms with van der Waals surface area (Å²) in [5.74, 6) is 0.641. The summed E-state index contributed by atoms with van der Waals surface area (Å²) in [6.45, 7) is 12.2. The molecule has 0 saturated carbocycles. The molecule has 0 spiro atoms. The molecule has 5 heteroatoms. The van der Waals surface area contributed by atoms with E-state index < -0.39 is 5.97 Å². The van der Waals surface area contributed by atoms with Gasteiger partial charge in [-0.15, -0.1) is 6.58 Å². The number of hydrogen-bond acceptors (Lipinski definition) is 5. The van der Waals surface area contributed by atoms with Crippen molar-refractivity contribution in [2.75, 3.05) is 21.3 Å². The number of hydrogen-bond donors (Lipinski definition) is 0. The molecule has 3 atom stereocenters. The first-order valence-corrected chi connectivity index (χ1v) is 8.95. The molecule has 1 fully saturated rings. The molecular formula is C22H32O5. The third-order valence-corrected chi connectivity index (χ3v) is 4.74. The van der Waals surface area contributed by atoms with E-state index in [1.54, 1.807) is 0 Å². The largest absolute Gasteiger partial charge is 0.493 e. The minimum atomic E-state index is -0.505. The summed E-state index contributed by atoms with van der Waals surface area (Å²) in [5.41, 5.74) is 2.13. The van der Waals surface area contributed by atoms with E-state index in [0.717, 1.165) is 12.0 Å². The lowest BCUT2D eigenvalue weighted by molar-refractivity contribution is -0.135. The molecule has 0 aromatic carbocycles. The topological polar surface area (TPSA) is 57.3 Å². The minimum Gasteiger partial charge on any atom is -0.493 e. The first-order valence-electron chi connectivity index (χ1n) is 8.95. The third-order valence-electron chi connectivity index (χ3n) is 4.74. The summed E-state index contributed by atoms with van der Waals surface area (Å²) in [6, 6.07) is 0. The smallest absolute Gasteiger partial charge is 0.334 e. The molecule has 0 aromatic heterocycles. The van der Waals surface area contributed by atoms with Gasteiger partial charge in [0.15, 0.2) is 11.5 Å². The van der Waals surface area contributed by atoms with Gasteiger partial charge in [0, 0.05) is 0 Å². The number of esters is 1. The standard InChI is InChI=1S/C22H32O5/c1-9-20-22(5,27-20)14-17(4)16(3)11-10-15(2)12-18(24-6)19(25-7)13-21(23)26-8/h9-13,17,20H,1,14H2,2-8H3/b15-10-,16-11+,18-12-,19-13+/t17?,20-,22+/m1/s1. The molecule has 1 heterocycles. The van der Waals surface area contributed by atoms with Crippen LogP contribution in [0.2, 0.25) is 0 Å². The highest BCUT2D eigenvalue weighted by Gasteiger charge is 2.50. The zero-order valence-electron chi connectivity index (χ0n) is 17.5. The Balaban J connectivity index is 2.87. The van der Waals surface area contributed by atoms with E-state index in [2.05, 4.69) is 38.2 Å². The van der Waals surface area contributed by atoms with Gasteiger partial charge in [-0.25, -0.2) is 4.79 Å². The van der Waals surface area contributed by atoms with Crippen LogP contribution in [0.5, 0.6) is 0 Å². The minimum absolute atomic E-state index is 0.0931. The van der Waals surface area contributed by atoms with E-state index in [4.69, 9.17) is 14.2 Å². The van der Waals surface area contributed by atoms with E-state index in [0.29, 0.717) is 17.4 Å². The maximum Gasteiger partial charge on any atom is 0.334 e. The highest BCUT2D eigenvalue weighted by atomic mass is 16.6. The lowest BCUT2D eigenvalue weighted by atomic mass is 9.89. The van der Waals surface area contributed by atoms with E-state index in [-0.39, 0.29) is 11.7 Å². The Bertz CT molecular complexity index is 668. The van der Waals surface area contributed by atoms with Crippen molar-refractivity contribution in [2.24, 2.45) is 5.92 Å². The monoisotopic (exact) mass is 376 g/mol. The van der Waals surface area contributed by atoms with Crippen molar-refractivity contribution in [3.63, 3.8) is 0 Å². The van der Waals surface area contributed by atoms with Crippen LogP contribution in [-0.4, -0.2) is 39.0 Å². The molecule has 1 rings (SSSR count). The zero-order chi connectivity index (χ0) is 20.6. The van der Waals surface area contributed by atoms with Gasteiger partial charge in [0.25, 0.3) is 0 Å². The molecule has 0 N–H and O–H groups in total. The van der Waals surface area contributed by atoms with E-state index in [9.17, 15) is 4.79 Å². The normalized spacial score (nSPS) is 24.9. The van der Waals surface area contributed by atoms with Crippen LogP contribution in [0.1, 0.15) is 34.1 Å². The number of carbonyl (C=O) groups excluding carboxylic acids is 1. The predicted octanol–water partition coefficient (Wildman–Crippen LogP) is 4.48. The predicted molar refractivity (Wildman–Crippen MR) is 107 cm³/mol. The summed E-state index contributed by atoms with van der Waals surface area (Å²) in [5, 5.41) is 0. The highest BCUT2D eigenvalue weighted by Crippen LogP contribution is 2.43. The van der Waals surface area contributed by atoms with E-state index in [1.165, 1.54) is 33.0 Å². The lowest BCUT2D eigenvalue weighted by Gasteiger charge is -2.15. The van der Waals surface area contributed by atoms with Crippen molar-refractivity contribution in [2.45, 2.75) is 45.8 Å². The molecule has 5 nitrogen and oxygen atoms in total. The van der Waals surface area contributed by atoms with Crippen molar-refractivity contribution in [1.82, 2.24) is 0 Å². The number of methoxy groups -OCH3 is 3. The molecule has 0 amide bonds. The summed E-state index contributed by atoms with van der Waals surface area (Å²) in [4.78, 5) is 11.4. The molecule has 0 bridgehead atoms. The molecule has 0 aliphatic carbocycles. The number of ether oxygens (including phenoxy) is 4. The molecule has 27 heavy (non-hydrogen) atoms. The molecule has 1 aliphatic heterocycles. The maximum atomic E-state index is 11.4. The van der Waals surface area contributed by atoms with Crippen LogP contribution >= 0.6 is 0 Å². The van der Waals surface area contributed by atoms with Gasteiger partial charge in [-0.05, 0) is 44.8 Å². The fourth-order valence-electron chi connectivity index (χ4n) is 2.80. The van der Waals surface area contributed by atoms with Crippen LogP contribution in [0.25, 0.3) is 0 Å². The number of epoxide rings is 1. The molecule has 1 unspecified atom stereocenters. The zero-order valence-corrected chi connectivity index (χ0v) is 17.5. The van der Waals surface area contributed by atoms with Crippen LogP contribution in [0.4, 0.5) is 0 Å². The second-order valence-corrected chi connectivity index (χ2v) is 6.96. The summed E-state index contributed by atoms with van der Waals surface area (Å²) in [7, 11) is 4.31. The fraction of sp³-hybridized carbons (Fsp3) is 0.500. The Morgan fingerprint density at radius 3 is 2.19 bits per heavy atom. The highest BCUT2D eigenvalue weighted by molar-refractivity contribution is 5.83. The van der Waals surface area contributed by atoms with Gasteiger partial charge in [0.2, 0.25) is 0 Å². The number of carbonyl (C=O) groups is 1. The molecular weight excluding hydrogens is 344 g/mol. The molecule has 1 saturated heterocycles. The van der Waals surface area contributed by atoms with E-state index >= 15 is 0 Å². The van der Waals surface area contributed by atoms with Crippen LogP contribution in [-0.2, 0) is 23.7 Å². The molecule has 150 valence electrons. The first kappa shape index (κ1) is 22.8. The third kappa shape index (κ3) is 6.75. The Morgan fingerprint density at radius 2 is 1.70 bits per heavy atom. The number of allylic oxidation sites excluding steroid dienone is 5. The van der Waals surface area contributed by atoms with Crippen molar-refractivity contribution < 1.29 is 23.7 Å². The fourth-order valence-corrected chi connectivity index (χ4v) is 2.80. The average Bonchev–Trinajstić information content (AvgIpc) is 3.31. The summed E-state index contributed by atoms with van der Waals surface area (Å²) < 4.78 is 20.9. The van der Waals surface area contributed by atoms with Gasteiger partial charge < -0.3 is 18.9 Å². The number of rotatable bonds is 10. The van der Waals surface area contributed by atoms with E-state index in [1.807, 2.05) is 25.2 Å². The van der Waals surface area contributed by atoms with Gasteiger partial charge in [-0.3, -0.25) is 0 Å². The first-order chi connectivity index (χ1) is 12.7. The molecule has 0 radical (unpaired) electrons. The van der Waals surface area contributed by atoms with Gasteiger partial charge in [-0.2, -0.15) is 0 Å². The summed E-state index contributed by atoms with van der Waals surface area (Å²) in [6.07, 6.45) is 10.1. The Hall–Kier alpha value is -2.27. The van der Waals surface area contributed by atoms with Crippen LogP contribution < -0.4 is 0 Å². The quantitative estimate of drug-likeness (QED) is 0.140. The van der Waals surface area contributed by atoms with Crippen molar-refractivity contribution in [3.8, 4) is 0 Å². The summed E-state index contributed by atoms with van der Waals surface area (Å²) >= 11 is 0. The Morgan fingerprint density at radius 1 is 1.11 bits per heavy atom. The van der Waals surface area contributed by atoms with Crippen molar-refractivity contribution in [3.05, 3.63) is 59.6 Å². The van der Waals surface area contributed by atoms with Crippen LogP contribution in [0, 0.1) is 5.92 Å². The van der Waals surface area contributed by atoms with Gasteiger partial charge in [0.05, 0.1) is 33.0 Å². The van der Waals surface area contributed by atoms with Crippen LogP contribution in [0.3, 0.4) is 0 Å². The second-order valence-electron chi connectivity index (χ2n) is 6.96. The lowest BCUT2D eigenvalue weighted by Crippen LogP contribution is -2.14. The van der Waals surface area contributed by atoms with Crippen LogP contribution in [0.15, 0.2) is 59.6 Å². The average molecular weight is 376 g/mol. The molecule has 0 aromatic rings. The van der Waals surface area contributed by atoms with Gasteiger partial charge in [0.1, 0.15) is 6.10 Å². The maximum absolute atomic E-state index is 11.4. The molecule has 1 aliphatic rings. The Kier molecular flexibility index (Phi) is 8.57. The Labute approximate surface area is 163 Å². The second kappa shape index (κ2) is 10.2. The van der Waals surface area contributed by atoms with Gasteiger partial charge >= 0.3 is 5.97 Å². The van der Waals surface area contributed by atoms with Gasteiger partial charge in [-0.1, -0.05) is 30.7 Å². The van der Waals surface area contributed by atoms with Crippen molar-refractivity contribution in [1.29, 1.82) is 0 Å². The SMILES string of the molecule is C=C[C@H]1O[C@@]1(C)CC(C)/C(C)=C/C=C(C)\C=C(OC)\C(=C/C(=O)OC)OC.